The third-order valence-electron chi connectivity index (χ3n) is 11.0. The first-order valence-electron chi connectivity index (χ1n) is 21.2. The number of aliphatic hydroxyl groups excluding tert-OH is 1. The fourth-order valence-electron chi connectivity index (χ4n) is 7.57. The maximum absolute atomic E-state index is 12.4. The Morgan fingerprint density at radius 2 is 1.31 bits per heavy atom. The third kappa shape index (κ3) is 15.1. The Balaban J connectivity index is 1.50. The standard InChI is InChI=1S/C47H68N2O6/c1-4-6-8-10-12-16-31-49(32-17-13-11-9-7-5-2)34-43-36(3)46(39-25-23-37(35-50)24-26-39)55-47(54-43)40-29-27-38(28-30-40)42-20-15-14-19-41(42)33-48-44(51)21-18-22-45(52)53/h14-15,19-20,23-30,36,43,46-47,50H,4-13,16-18,21-22,31-35H2,1-3H3,(H,48,51)(H,52,53). The van der Waals surface area contributed by atoms with Crippen LogP contribution in [-0.4, -0.2) is 52.7 Å². The van der Waals surface area contributed by atoms with Gasteiger partial charge in [0.15, 0.2) is 6.29 Å². The highest BCUT2D eigenvalue weighted by Gasteiger charge is 2.39. The fourth-order valence-corrected chi connectivity index (χ4v) is 7.57. The molecule has 0 radical (unpaired) electrons. The molecular formula is C47H68N2O6. The smallest absolute Gasteiger partial charge is 0.303 e. The summed E-state index contributed by atoms with van der Waals surface area (Å²) in [5, 5.41) is 21.6. The van der Waals surface area contributed by atoms with Gasteiger partial charge in [-0.1, -0.05) is 158 Å². The Morgan fingerprint density at radius 1 is 0.709 bits per heavy atom. The Hall–Kier alpha value is -3.56. The molecule has 0 spiro atoms. The molecule has 55 heavy (non-hydrogen) atoms. The summed E-state index contributed by atoms with van der Waals surface area (Å²) in [5.41, 5.74) is 5.98. The van der Waals surface area contributed by atoms with E-state index in [1.807, 2.05) is 30.3 Å². The number of aliphatic carboxylic acids is 1. The number of rotatable bonds is 26. The number of aliphatic hydroxyl groups is 1. The molecule has 4 rings (SSSR count). The van der Waals surface area contributed by atoms with Crippen molar-refractivity contribution in [2.45, 2.75) is 149 Å². The van der Waals surface area contributed by atoms with Gasteiger partial charge >= 0.3 is 5.97 Å². The van der Waals surface area contributed by atoms with Crippen LogP contribution in [0.5, 0.6) is 0 Å². The molecule has 1 saturated heterocycles. The van der Waals surface area contributed by atoms with Crippen LogP contribution in [0.3, 0.4) is 0 Å². The van der Waals surface area contributed by atoms with E-state index < -0.39 is 12.3 Å². The number of unbranched alkanes of at least 4 members (excludes halogenated alkanes) is 10. The van der Waals surface area contributed by atoms with Gasteiger partial charge in [-0.05, 0) is 60.2 Å². The lowest BCUT2D eigenvalue weighted by Crippen LogP contribution is -2.45. The molecular weight excluding hydrogens is 689 g/mol. The van der Waals surface area contributed by atoms with E-state index in [1.54, 1.807) is 0 Å². The molecule has 1 fully saturated rings. The lowest BCUT2D eigenvalue weighted by atomic mass is 9.89. The minimum Gasteiger partial charge on any atom is -0.481 e. The van der Waals surface area contributed by atoms with E-state index in [4.69, 9.17) is 14.6 Å². The second-order valence-electron chi connectivity index (χ2n) is 15.5. The minimum absolute atomic E-state index is 0.0101. The molecule has 0 aliphatic carbocycles. The quantitative estimate of drug-likeness (QED) is 0.0700. The Labute approximate surface area is 331 Å². The third-order valence-corrected chi connectivity index (χ3v) is 11.0. The summed E-state index contributed by atoms with van der Waals surface area (Å²) in [7, 11) is 0. The lowest BCUT2D eigenvalue weighted by Gasteiger charge is -2.43. The topological polar surface area (TPSA) is 108 Å². The number of carbonyl (C=O) groups excluding carboxylic acids is 1. The van der Waals surface area contributed by atoms with Crippen molar-refractivity contribution in [2.24, 2.45) is 5.92 Å². The van der Waals surface area contributed by atoms with Gasteiger partial charge in [0.2, 0.25) is 5.91 Å². The predicted octanol–water partition coefficient (Wildman–Crippen LogP) is 10.5. The first-order chi connectivity index (χ1) is 26.8. The molecule has 1 aliphatic rings. The van der Waals surface area contributed by atoms with E-state index in [1.165, 1.54) is 77.0 Å². The highest BCUT2D eigenvalue weighted by molar-refractivity contribution is 5.77. The second-order valence-corrected chi connectivity index (χ2v) is 15.5. The van der Waals surface area contributed by atoms with Crippen LogP contribution >= 0.6 is 0 Å². The van der Waals surface area contributed by atoms with Gasteiger partial charge in [-0.2, -0.15) is 0 Å². The molecule has 1 amide bonds. The molecule has 8 heteroatoms. The van der Waals surface area contributed by atoms with E-state index in [9.17, 15) is 14.7 Å². The molecule has 8 nitrogen and oxygen atoms in total. The van der Waals surface area contributed by atoms with Crippen molar-refractivity contribution in [3.05, 3.63) is 95.1 Å². The molecule has 1 heterocycles. The van der Waals surface area contributed by atoms with Gasteiger partial charge in [0.25, 0.3) is 0 Å². The summed E-state index contributed by atoms with van der Waals surface area (Å²) in [6.07, 6.45) is 15.2. The number of nitrogens with zero attached hydrogens (tertiary/aromatic N) is 1. The monoisotopic (exact) mass is 757 g/mol. The van der Waals surface area contributed by atoms with Crippen molar-refractivity contribution >= 4 is 11.9 Å². The normalized spacial score (nSPS) is 18.4. The molecule has 3 aromatic rings. The van der Waals surface area contributed by atoms with Gasteiger partial charge in [0, 0.05) is 37.4 Å². The zero-order chi connectivity index (χ0) is 39.3. The van der Waals surface area contributed by atoms with Gasteiger partial charge in [0.05, 0.1) is 18.8 Å². The average molecular weight is 757 g/mol. The Kier molecular flexibility index (Phi) is 20.0. The molecule has 0 bridgehead atoms. The summed E-state index contributed by atoms with van der Waals surface area (Å²) in [5.74, 6) is -0.921. The number of carboxylic acids is 1. The molecule has 4 unspecified atom stereocenters. The van der Waals surface area contributed by atoms with Crippen molar-refractivity contribution in [1.29, 1.82) is 0 Å². The number of nitrogens with one attached hydrogen (secondary N) is 1. The highest BCUT2D eigenvalue weighted by Crippen LogP contribution is 2.42. The van der Waals surface area contributed by atoms with Gasteiger partial charge in [0.1, 0.15) is 0 Å². The highest BCUT2D eigenvalue weighted by atomic mass is 16.7. The molecule has 0 aromatic heterocycles. The van der Waals surface area contributed by atoms with Gasteiger partial charge in [-0.3, -0.25) is 9.59 Å². The lowest BCUT2D eigenvalue weighted by molar-refractivity contribution is -0.276. The number of amides is 1. The van der Waals surface area contributed by atoms with Crippen LogP contribution in [0.15, 0.2) is 72.8 Å². The summed E-state index contributed by atoms with van der Waals surface area (Å²) < 4.78 is 13.7. The summed E-state index contributed by atoms with van der Waals surface area (Å²) in [4.78, 5) is 25.9. The van der Waals surface area contributed by atoms with Crippen molar-refractivity contribution in [3.8, 4) is 11.1 Å². The molecule has 0 saturated carbocycles. The number of carbonyl (C=O) groups is 2. The van der Waals surface area contributed by atoms with Crippen LogP contribution in [0.1, 0.15) is 152 Å². The average Bonchev–Trinajstić information content (AvgIpc) is 3.20. The largest absolute Gasteiger partial charge is 0.481 e. The first kappa shape index (κ1) is 44.2. The zero-order valence-corrected chi connectivity index (χ0v) is 33.9. The molecule has 4 atom stereocenters. The van der Waals surface area contributed by atoms with E-state index in [0.29, 0.717) is 13.0 Å². The molecule has 1 aliphatic heterocycles. The number of carboxylic acid groups (broad SMARTS) is 1. The Morgan fingerprint density at radius 3 is 1.93 bits per heavy atom. The Bertz CT molecular complexity index is 1510. The SMILES string of the molecule is CCCCCCCCN(CCCCCCCC)CC1OC(c2ccc(-c3ccccc3CNC(=O)CCCC(=O)O)cc2)OC(c2ccc(CO)cc2)C1C. The summed E-state index contributed by atoms with van der Waals surface area (Å²) in [6.45, 7) is 10.2. The maximum Gasteiger partial charge on any atom is 0.303 e. The van der Waals surface area contributed by atoms with Gasteiger partial charge in [-0.25, -0.2) is 0 Å². The van der Waals surface area contributed by atoms with E-state index >= 15 is 0 Å². The van der Waals surface area contributed by atoms with E-state index in [0.717, 1.165) is 53.0 Å². The van der Waals surface area contributed by atoms with Crippen LogP contribution < -0.4 is 5.32 Å². The van der Waals surface area contributed by atoms with Crippen molar-refractivity contribution < 1.29 is 29.3 Å². The number of benzene rings is 3. The minimum atomic E-state index is -0.892. The van der Waals surface area contributed by atoms with Crippen LogP contribution in [0.25, 0.3) is 11.1 Å². The number of hydrogen-bond donors (Lipinski definition) is 3. The van der Waals surface area contributed by atoms with Crippen LogP contribution in [-0.2, 0) is 32.2 Å². The zero-order valence-electron chi connectivity index (χ0n) is 33.9. The van der Waals surface area contributed by atoms with Crippen LogP contribution in [0.2, 0.25) is 0 Å². The van der Waals surface area contributed by atoms with Crippen LogP contribution in [0, 0.1) is 5.92 Å². The van der Waals surface area contributed by atoms with Crippen molar-refractivity contribution in [2.75, 3.05) is 19.6 Å². The molecule has 302 valence electrons. The fraction of sp³-hybridized carbons (Fsp3) is 0.574. The second kappa shape index (κ2) is 24.8. The number of hydrogen-bond acceptors (Lipinski definition) is 6. The maximum atomic E-state index is 12.4. The molecule has 3 aromatic carbocycles. The predicted molar refractivity (Wildman–Crippen MR) is 221 cm³/mol. The summed E-state index contributed by atoms with van der Waals surface area (Å²) in [6, 6.07) is 24.5. The van der Waals surface area contributed by atoms with E-state index in [2.05, 4.69) is 73.5 Å². The number of ether oxygens (including phenoxy) is 2. The summed E-state index contributed by atoms with van der Waals surface area (Å²) >= 11 is 0. The van der Waals surface area contributed by atoms with Crippen molar-refractivity contribution in [3.63, 3.8) is 0 Å². The van der Waals surface area contributed by atoms with Crippen LogP contribution in [0.4, 0.5) is 0 Å². The first-order valence-corrected chi connectivity index (χ1v) is 21.2. The van der Waals surface area contributed by atoms with Gasteiger partial charge in [-0.15, -0.1) is 0 Å². The molecule has 3 N–H and O–H groups in total. The van der Waals surface area contributed by atoms with Gasteiger partial charge < -0.3 is 29.9 Å². The van der Waals surface area contributed by atoms with Crippen molar-refractivity contribution in [1.82, 2.24) is 10.2 Å². The van der Waals surface area contributed by atoms with E-state index in [-0.39, 0.29) is 43.5 Å².